The van der Waals surface area contributed by atoms with Crippen LogP contribution in [0.4, 0.5) is 0 Å². The van der Waals surface area contributed by atoms with Gasteiger partial charge in [-0.2, -0.15) is 0 Å². The van der Waals surface area contributed by atoms with E-state index in [1.807, 2.05) is 0 Å². The summed E-state index contributed by atoms with van der Waals surface area (Å²) in [6.07, 6.45) is 0. The summed E-state index contributed by atoms with van der Waals surface area (Å²) in [5, 5.41) is 0. The fourth-order valence-electron chi connectivity index (χ4n) is 0. The van der Waals surface area contributed by atoms with E-state index in [1.165, 1.54) is 0 Å². The first-order valence-corrected chi connectivity index (χ1v) is 2.88. The molecule has 0 aliphatic carbocycles. The molecule has 0 atom stereocenters. The standard InChI is InChI=1S/Ca.Ce.Cr.2La.2H2O.2O.Sr.4H/h;;;;;2*1H2;;;;;;;/q;;+2;;;;;;;;;;;/p-2. The van der Waals surface area contributed by atoms with Crippen LogP contribution in [0, 0.1) is 113 Å². The van der Waals surface area contributed by atoms with Gasteiger partial charge >= 0.3 is 113 Å². The fraction of sp³-hybridized carbons (Fsp3) is 0. The van der Waals surface area contributed by atoms with Crippen molar-refractivity contribution < 1.29 is 142 Å². The molecular formula is H6CaCeCrLa2O4Sr. The van der Waals surface area contributed by atoms with Gasteiger partial charge < -0.3 is 0 Å². The average molecular weight is 668 g/mol. The monoisotopic (exact) mass is 668 g/mol. The zero-order valence-electron chi connectivity index (χ0n) is 3.77. The molecule has 10 heteroatoms. The van der Waals surface area contributed by atoms with E-state index < -0.39 is 13.6 Å². The normalized spacial score (nSPS) is 5.80. The molecule has 0 aliphatic heterocycles. The first kappa shape index (κ1) is 36.0. The Balaban J connectivity index is -0.00000000800. The predicted octanol–water partition coefficient (Wildman–Crippen LogP) is -3.19. The molecule has 0 aromatic rings. The van der Waals surface area contributed by atoms with E-state index in [9.17, 15) is 0 Å². The van der Waals surface area contributed by atoms with Gasteiger partial charge in [-0.25, -0.2) is 0 Å². The molecule has 0 saturated heterocycles. The van der Waals surface area contributed by atoms with Crippen LogP contribution in [-0.4, -0.2) is 91.5 Å². The van der Waals surface area contributed by atoms with Crippen LogP contribution in [0.15, 0.2) is 0 Å². The third kappa shape index (κ3) is 62.2. The van der Waals surface area contributed by atoms with E-state index in [-0.39, 0.29) is 196 Å². The first-order valence-electron chi connectivity index (χ1n) is 0.698. The summed E-state index contributed by atoms with van der Waals surface area (Å²) >= 11 is -5.25. The van der Waals surface area contributed by atoms with Crippen LogP contribution in [-0.2, 0) is 21.2 Å². The van der Waals surface area contributed by atoms with Gasteiger partial charge in [-0.05, 0) is 0 Å². The molecule has 10 heavy (non-hydrogen) atoms. The Morgan fingerprint density at radius 2 is 1.00 bits per heavy atom. The quantitative estimate of drug-likeness (QED) is 0.268. The molecule has 0 saturated carbocycles. The second-order valence-corrected chi connectivity index (χ2v) is 1.85. The van der Waals surface area contributed by atoms with Crippen LogP contribution >= 0.6 is 0 Å². The summed E-state index contributed by atoms with van der Waals surface area (Å²) in [6.45, 7) is 0. The molecule has 0 bridgehead atoms. The van der Waals surface area contributed by atoms with Crippen LogP contribution in [0.5, 0.6) is 0 Å². The van der Waals surface area contributed by atoms with Crippen molar-refractivity contribution in [3.05, 3.63) is 0 Å². The summed E-state index contributed by atoms with van der Waals surface area (Å²) in [5.74, 6) is 0. The van der Waals surface area contributed by atoms with E-state index in [4.69, 9.17) is 15.9 Å². The Labute approximate surface area is 218 Å². The van der Waals surface area contributed by atoms with Crippen molar-refractivity contribution in [2.75, 3.05) is 0 Å². The van der Waals surface area contributed by atoms with Crippen LogP contribution in [0.3, 0.4) is 0 Å². The molecule has 2 N–H and O–H groups in total. The van der Waals surface area contributed by atoms with Gasteiger partial charge in [-0.15, -0.1) is 0 Å². The summed E-state index contributed by atoms with van der Waals surface area (Å²) in [4.78, 5) is 0. The average Bonchev–Trinajstić information content (AvgIpc) is 0.722. The van der Waals surface area contributed by atoms with Gasteiger partial charge in [0.15, 0.2) is 0 Å². The first-order chi connectivity index (χ1) is 2.00. The zero-order chi connectivity index (χ0) is 4.50. The molecule has 0 amide bonds. The molecule has 0 aliphatic rings. The van der Waals surface area contributed by atoms with Crippen LogP contribution in [0.2, 0.25) is 0 Å². The second-order valence-electron chi connectivity index (χ2n) is 0.448. The van der Waals surface area contributed by atoms with Crippen molar-refractivity contribution >= 4 is 83.2 Å². The van der Waals surface area contributed by atoms with E-state index >= 15 is 0 Å². The van der Waals surface area contributed by atoms with Gasteiger partial charge in [-0.1, -0.05) is 0 Å². The van der Waals surface area contributed by atoms with Gasteiger partial charge in [-0.3, -0.25) is 0 Å². The Kier molecular flexibility index (Phi) is 75.2. The SMILES string of the molecule is [CaH2].[Ce].[La].[La].[O]=[Cr](=[O])([OH])[OH].[SrH2]. The van der Waals surface area contributed by atoms with Crippen LogP contribution in [0.1, 0.15) is 0 Å². The fourth-order valence-corrected chi connectivity index (χ4v) is 0. The predicted molar refractivity (Wildman–Crippen MR) is 22.9 cm³/mol. The van der Waals surface area contributed by atoms with Crippen molar-refractivity contribution in [2.45, 2.75) is 0 Å². The Morgan fingerprint density at radius 1 is 1.00 bits per heavy atom. The van der Waals surface area contributed by atoms with E-state index in [2.05, 4.69) is 0 Å². The van der Waals surface area contributed by atoms with Gasteiger partial charge in [0.05, 0.1) is 0 Å². The van der Waals surface area contributed by atoms with Crippen molar-refractivity contribution in [3.63, 3.8) is 0 Å². The third-order valence-electron chi connectivity index (χ3n) is 0. The van der Waals surface area contributed by atoms with Crippen molar-refractivity contribution in [3.8, 4) is 0 Å². The van der Waals surface area contributed by atoms with Crippen molar-refractivity contribution in [1.82, 2.24) is 0 Å². The van der Waals surface area contributed by atoms with Crippen molar-refractivity contribution in [1.29, 1.82) is 0 Å². The molecule has 0 aromatic carbocycles. The minimum atomic E-state index is -5.25. The molecule has 0 heterocycles. The Morgan fingerprint density at radius 3 is 1.00 bits per heavy atom. The Bertz CT molecular complexity index is 106. The second kappa shape index (κ2) is 20.9. The molecule has 0 spiro atoms. The zero-order valence-corrected chi connectivity index (χ0v) is 15.4. The molecule has 0 fully saturated rings. The number of rotatable bonds is 0. The summed E-state index contributed by atoms with van der Waals surface area (Å²) in [7, 11) is 0. The molecular weight excluding hydrogens is 662 g/mol. The van der Waals surface area contributed by atoms with Gasteiger partial charge in [0.1, 0.15) is 0 Å². The number of hydrogen-bond donors (Lipinski definition) is 2. The van der Waals surface area contributed by atoms with Crippen molar-refractivity contribution in [2.24, 2.45) is 0 Å². The summed E-state index contributed by atoms with van der Waals surface area (Å²) in [5.41, 5.74) is 0. The maximum atomic E-state index is 8.82. The number of hydrogen-bond acceptors (Lipinski definition) is 2. The van der Waals surface area contributed by atoms with Gasteiger partial charge in [0.25, 0.3) is 0 Å². The molecule has 2 radical (unpaired) electrons. The molecule has 50 valence electrons. The van der Waals surface area contributed by atoms with Crippen LogP contribution < -0.4 is 0 Å². The summed E-state index contributed by atoms with van der Waals surface area (Å²) < 4.78 is 31.9. The maximum absolute atomic E-state index is 8.82. The third-order valence-corrected chi connectivity index (χ3v) is 0. The van der Waals surface area contributed by atoms with Gasteiger partial charge in [0.2, 0.25) is 0 Å². The van der Waals surface area contributed by atoms with E-state index in [0.717, 1.165) is 0 Å². The molecule has 4 nitrogen and oxygen atoms in total. The molecule has 0 unspecified atom stereocenters. The van der Waals surface area contributed by atoms with Crippen LogP contribution in [0.25, 0.3) is 0 Å². The van der Waals surface area contributed by atoms with Gasteiger partial charge in [0, 0.05) is 113 Å². The van der Waals surface area contributed by atoms with E-state index in [1.54, 1.807) is 0 Å². The molecule has 0 aromatic heterocycles. The minimum absolute atomic E-state index is 0. The summed E-state index contributed by atoms with van der Waals surface area (Å²) in [6, 6.07) is 0. The van der Waals surface area contributed by atoms with E-state index in [0.29, 0.717) is 0 Å². The Hall–Kier alpha value is 6.56. The topological polar surface area (TPSA) is 74.6 Å². The molecule has 0 rings (SSSR count).